The van der Waals surface area contributed by atoms with Gasteiger partial charge in [0.05, 0.1) is 0 Å². The summed E-state index contributed by atoms with van der Waals surface area (Å²) in [6, 6.07) is 13.2. The third-order valence-electron chi connectivity index (χ3n) is 3.55. The van der Waals surface area contributed by atoms with E-state index in [0.717, 1.165) is 16.9 Å². The van der Waals surface area contributed by atoms with Crippen LogP contribution < -0.4 is 10.6 Å². The first kappa shape index (κ1) is 13.0. The van der Waals surface area contributed by atoms with Crippen LogP contribution in [0.25, 0.3) is 0 Å². The topological polar surface area (TPSA) is 41.1 Å². The van der Waals surface area contributed by atoms with Crippen molar-refractivity contribution < 1.29 is 4.79 Å². The highest BCUT2D eigenvalue weighted by atomic mass is 35.5. The summed E-state index contributed by atoms with van der Waals surface area (Å²) >= 11 is 5.97. The van der Waals surface area contributed by atoms with Crippen LogP contribution in [-0.4, -0.2) is 11.9 Å². The largest absolute Gasteiger partial charge is 0.373 e. The molecule has 2 aromatic carbocycles. The molecule has 0 spiro atoms. The monoisotopic (exact) mass is 286 g/mol. The zero-order chi connectivity index (χ0) is 14.1. The van der Waals surface area contributed by atoms with Crippen LogP contribution in [0.5, 0.6) is 0 Å². The first-order valence-electron chi connectivity index (χ1n) is 6.55. The van der Waals surface area contributed by atoms with Gasteiger partial charge in [-0.1, -0.05) is 35.9 Å². The van der Waals surface area contributed by atoms with Crippen molar-refractivity contribution in [2.24, 2.45) is 0 Å². The molecule has 2 aromatic rings. The molecule has 1 amide bonds. The molecule has 0 saturated carbocycles. The van der Waals surface area contributed by atoms with E-state index in [4.69, 9.17) is 11.6 Å². The summed E-state index contributed by atoms with van der Waals surface area (Å²) < 4.78 is 0. The van der Waals surface area contributed by atoms with Crippen LogP contribution in [0.15, 0.2) is 42.5 Å². The number of amides is 1. The fourth-order valence-electron chi connectivity index (χ4n) is 2.40. The number of para-hydroxylation sites is 1. The molecule has 0 fully saturated rings. The summed E-state index contributed by atoms with van der Waals surface area (Å²) in [5, 5.41) is 6.80. The fourth-order valence-corrected chi connectivity index (χ4v) is 2.58. The summed E-state index contributed by atoms with van der Waals surface area (Å²) in [7, 11) is 0. The van der Waals surface area contributed by atoms with Gasteiger partial charge in [-0.2, -0.15) is 0 Å². The lowest BCUT2D eigenvalue weighted by Gasteiger charge is -2.13. The van der Waals surface area contributed by atoms with Crippen LogP contribution in [0.1, 0.15) is 11.1 Å². The zero-order valence-electron chi connectivity index (χ0n) is 11.1. The molecular formula is C16H15ClN2O. The smallest absolute Gasteiger partial charge is 0.247 e. The van der Waals surface area contributed by atoms with Gasteiger partial charge in [0.25, 0.3) is 0 Å². The molecule has 1 atom stereocenters. The predicted octanol–water partition coefficient (Wildman–Crippen LogP) is 3.62. The molecule has 1 aliphatic rings. The summed E-state index contributed by atoms with van der Waals surface area (Å²) in [5.74, 6) is -0.0356. The van der Waals surface area contributed by atoms with Crippen LogP contribution >= 0.6 is 11.6 Å². The van der Waals surface area contributed by atoms with Gasteiger partial charge in [-0.15, -0.1) is 0 Å². The van der Waals surface area contributed by atoms with Gasteiger partial charge in [-0.3, -0.25) is 4.79 Å². The number of halogens is 1. The first-order valence-corrected chi connectivity index (χ1v) is 6.93. The molecule has 0 aromatic heterocycles. The minimum Gasteiger partial charge on any atom is -0.373 e. The Morgan fingerprint density at radius 2 is 2.10 bits per heavy atom. The Morgan fingerprint density at radius 3 is 2.90 bits per heavy atom. The number of hydrogen-bond donors (Lipinski definition) is 2. The summed E-state index contributed by atoms with van der Waals surface area (Å²) in [4.78, 5) is 12.3. The van der Waals surface area contributed by atoms with Gasteiger partial charge in [0, 0.05) is 22.8 Å². The Balaban J connectivity index is 1.74. The third-order valence-corrected chi connectivity index (χ3v) is 3.78. The lowest BCUT2D eigenvalue weighted by molar-refractivity contribution is -0.116. The van der Waals surface area contributed by atoms with Crippen molar-refractivity contribution in [1.29, 1.82) is 0 Å². The average Bonchev–Trinajstić information content (AvgIpc) is 2.87. The molecule has 3 nitrogen and oxygen atoms in total. The van der Waals surface area contributed by atoms with E-state index in [9.17, 15) is 4.79 Å². The van der Waals surface area contributed by atoms with Gasteiger partial charge in [-0.05, 0) is 36.2 Å². The van der Waals surface area contributed by atoms with E-state index < -0.39 is 0 Å². The van der Waals surface area contributed by atoms with Gasteiger partial charge in [-0.25, -0.2) is 0 Å². The summed E-state index contributed by atoms with van der Waals surface area (Å²) in [5.41, 5.74) is 3.98. The van der Waals surface area contributed by atoms with Crippen molar-refractivity contribution in [3.8, 4) is 0 Å². The molecule has 0 saturated heterocycles. The van der Waals surface area contributed by atoms with Crippen LogP contribution in [0.2, 0.25) is 5.02 Å². The van der Waals surface area contributed by atoms with Crippen molar-refractivity contribution in [3.05, 3.63) is 58.6 Å². The van der Waals surface area contributed by atoms with Crippen molar-refractivity contribution in [2.45, 2.75) is 19.4 Å². The molecule has 0 radical (unpaired) electrons. The standard InChI is InChI=1S/C16H15ClN2O/c1-10-6-7-12(17)9-14(10)19-16(20)15-8-11-4-2-3-5-13(11)18-15/h2-7,9,15,18H,8H2,1H3,(H,19,20)/t15-/m0/s1. The zero-order valence-corrected chi connectivity index (χ0v) is 11.9. The number of aryl methyl sites for hydroxylation is 1. The molecule has 20 heavy (non-hydrogen) atoms. The second-order valence-electron chi connectivity index (χ2n) is 5.01. The minimum atomic E-state index is -0.231. The van der Waals surface area contributed by atoms with Crippen molar-refractivity contribution in [3.63, 3.8) is 0 Å². The maximum atomic E-state index is 12.3. The quantitative estimate of drug-likeness (QED) is 0.885. The van der Waals surface area contributed by atoms with Gasteiger partial charge in [0.15, 0.2) is 0 Å². The molecule has 0 aliphatic carbocycles. The number of benzene rings is 2. The van der Waals surface area contributed by atoms with Crippen molar-refractivity contribution in [2.75, 3.05) is 10.6 Å². The van der Waals surface area contributed by atoms with Crippen molar-refractivity contribution >= 4 is 28.9 Å². The molecular weight excluding hydrogens is 272 g/mol. The predicted molar refractivity (Wildman–Crippen MR) is 82.4 cm³/mol. The molecule has 0 bridgehead atoms. The Kier molecular flexibility index (Phi) is 3.36. The normalized spacial score (nSPS) is 16.4. The minimum absolute atomic E-state index is 0.0356. The van der Waals surface area contributed by atoms with E-state index in [1.54, 1.807) is 6.07 Å². The number of carbonyl (C=O) groups is 1. The van der Waals surface area contributed by atoms with E-state index in [1.807, 2.05) is 43.3 Å². The number of rotatable bonds is 2. The summed E-state index contributed by atoms with van der Waals surface area (Å²) in [6.07, 6.45) is 0.710. The number of anilines is 2. The first-order chi connectivity index (χ1) is 9.63. The van der Waals surface area contributed by atoms with Gasteiger partial charge >= 0.3 is 0 Å². The molecule has 0 unspecified atom stereocenters. The number of hydrogen-bond acceptors (Lipinski definition) is 2. The van der Waals surface area contributed by atoms with E-state index in [0.29, 0.717) is 11.4 Å². The Morgan fingerprint density at radius 1 is 1.30 bits per heavy atom. The second kappa shape index (κ2) is 5.17. The highest BCUT2D eigenvalue weighted by Crippen LogP contribution is 2.26. The van der Waals surface area contributed by atoms with Gasteiger partial charge < -0.3 is 10.6 Å². The van der Waals surface area contributed by atoms with Gasteiger partial charge in [0.1, 0.15) is 6.04 Å². The van der Waals surface area contributed by atoms with E-state index in [-0.39, 0.29) is 11.9 Å². The third kappa shape index (κ3) is 2.49. The molecule has 102 valence electrons. The summed E-state index contributed by atoms with van der Waals surface area (Å²) in [6.45, 7) is 1.95. The van der Waals surface area contributed by atoms with E-state index in [2.05, 4.69) is 10.6 Å². The fraction of sp³-hybridized carbons (Fsp3) is 0.188. The van der Waals surface area contributed by atoms with Crippen LogP contribution in [0, 0.1) is 6.92 Å². The van der Waals surface area contributed by atoms with E-state index >= 15 is 0 Å². The average molecular weight is 287 g/mol. The SMILES string of the molecule is Cc1ccc(Cl)cc1NC(=O)[C@@H]1Cc2ccccc2N1. The van der Waals surface area contributed by atoms with Crippen LogP contribution in [0.4, 0.5) is 11.4 Å². The number of fused-ring (bicyclic) bond motifs is 1. The molecule has 4 heteroatoms. The van der Waals surface area contributed by atoms with Crippen molar-refractivity contribution in [1.82, 2.24) is 0 Å². The Hall–Kier alpha value is -2.00. The lowest BCUT2D eigenvalue weighted by Crippen LogP contribution is -2.33. The number of carbonyl (C=O) groups excluding carboxylic acids is 1. The number of nitrogens with one attached hydrogen (secondary N) is 2. The maximum absolute atomic E-state index is 12.3. The Labute approximate surface area is 123 Å². The van der Waals surface area contributed by atoms with Crippen LogP contribution in [0.3, 0.4) is 0 Å². The Bertz CT molecular complexity index is 644. The molecule has 1 heterocycles. The highest BCUT2D eigenvalue weighted by Gasteiger charge is 2.26. The molecule has 1 aliphatic heterocycles. The molecule has 3 rings (SSSR count). The highest BCUT2D eigenvalue weighted by molar-refractivity contribution is 6.31. The second-order valence-corrected chi connectivity index (χ2v) is 5.44. The van der Waals surface area contributed by atoms with E-state index in [1.165, 1.54) is 5.56 Å². The molecule has 2 N–H and O–H groups in total. The van der Waals surface area contributed by atoms with Gasteiger partial charge in [0.2, 0.25) is 5.91 Å². The van der Waals surface area contributed by atoms with Crippen LogP contribution in [-0.2, 0) is 11.2 Å². The lowest BCUT2D eigenvalue weighted by atomic mass is 10.1. The maximum Gasteiger partial charge on any atom is 0.247 e.